The first kappa shape index (κ1) is 38.1. The monoisotopic (exact) mass is 954 g/mol. The zero-order chi connectivity index (χ0) is 39.2. The molecule has 0 saturated heterocycles. The van der Waals surface area contributed by atoms with E-state index in [0.29, 0.717) is 0 Å². The molecular formula is C53H39IrN3OSi-2. The van der Waals surface area contributed by atoms with E-state index in [-0.39, 0.29) is 20.1 Å². The molecule has 0 atom stereocenters. The first-order chi connectivity index (χ1) is 28.4. The number of hydrogen-bond acceptors (Lipinski definition) is 3. The largest absolute Gasteiger partial charge is 0.500 e. The smallest absolute Gasteiger partial charge is 0.128 e. The summed E-state index contributed by atoms with van der Waals surface area (Å²) in [6.07, 6.45) is 3.82. The Bertz CT molecular complexity index is 3220. The summed E-state index contributed by atoms with van der Waals surface area (Å²) < 4.78 is 9.13. The summed E-state index contributed by atoms with van der Waals surface area (Å²) in [6.45, 7) is 7.30. The number of aromatic nitrogens is 3. The number of furan rings is 1. The van der Waals surface area contributed by atoms with Gasteiger partial charge in [0.1, 0.15) is 5.58 Å². The molecule has 0 aliphatic carbocycles. The maximum absolute atomic E-state index is 6.68. The molecule has 59 heavy (non-hydrogen) atoms. The van der Waals surface area contributed by atoms with Gasteiger partial charge in [0.15, 0.2) is 0 Å². The third-order valence-electron chi connectivity index (χ3n) is 10.9. The number of fused-ring (bicyclic) bond motifs is 8. The van der Waals surface area contributed by atoms with Gasteiger partial charge in [0.25, 0.3) is 0 Å². The minimum absolute atomic E-state index is 0. The van der Waals surface area contributed by atoms with E-state index in [1.54, 1.807) is 6.20 Å². The van der Waals surface area contributed by atoms with Crippen LogP contribution in [0.4, 0.5) is 0 Å². The van der Waals surface area contributed by atoms with Crippen molar-refractivity contribution in [2.24, 2.45) is 0 Å². The second-order valence-electron chi connectivity index (χ2n) is 15.6. The molecule has 0 fully saturated rings. The zero-order valence-corrected chi connectivity index (χ0v) is 36.3. The van der Waals surface area contributed by atoms with Gasteiger partial charge in [0.05, 0.1) is 19.2 Å². The van der Waals surface area contributed by atoms with Crippen molar-refractivity contribution in [1.82, 2.24) is 14.5 Å². The van der Waals surface area contributed by atoms with Gasteiger partial charge in [-0.1, -0.05) is 146 Å². The Balaban J connectivity index is 0.000000297. The molecule has 0 bridgehead atoms. The van der Waals surface area contributed by atoms with E-state index in [9.17, 15) is 0 Å². The van der Waals surface area contributed by atoms with Crippen LogP contribution in [0.25, 0.3) is 93.8 Å². The average molecular weight is 954 g/mol. The van der Waals surface area contributed by atoms with Gasteiger partial charge in [0.2, 0.25) is 0 Å². The van der Waals surface area contributed by atoms with Crippen LogP contribution in [0.3, 0.4) is 0 Å². The van der Waals surface area contributed by atoms with Gasteiger partial charge >= 0.3 is 0 Å². The number of pyridine rings is 2. The summed E-state index contributed by atoms with van der Waals surface area (Å²) >= 11 is 0. The Hall–Kier alpha value is -6.43. The average Bonchev–Trinajstić information content (AvgIpc) is 3.83. The van der Waals surface area contributed by atoms with E-state index < -0.39 is 8.07 Å². The van der Waals surface area contributed by atoms with Crippen molar-refractivity contribution >= 4 is 67.8 Å². The Morgan fingerprint density at radius 1 is 0.525 bits per heavy atom. The molecule has 6 heteroatoms. The molecule has 7 aromatic carbocycles. The molecule has 0 aliphatic heterocycles. The van der Waals surface area contributed by atoms with E-state index >= 15 is 0 Å². The summed E-state index contributed by atoms with van der Waals surface area (Å²) in [6, 6.07) is 65.7. The summed E-state index contributed by atoms with van der Waals surface area (Å²) in [5.74, 6) is 0. The third kappa shape index (κ3) is 7.00. The molecule has 0 saturated carbocycles. The summed E-state index contributed by atoms with van der Waals surface area (Å²) in [4.78, 5) is 9.26. The minimum atomic E-state index is -1.79. The van der Waals surface area contributed by atoms with Crippen LogP contribution in [0.1, 0.15) is 0 Å². The van der Waals surface area contributed by atoms with Crippen LogP contribution in [0.5, 0.6) is 0 Å². The standard InChI is InChI=1S/C42H31N2OSi.C11H8N.Ir/c1-46(2,3)40-24-29(27-12-5-4-6-13-27)21-23-38(40)44-37-19-10-9-16-31(37)35-26-43-36(25-39(35)44)34-18-11-17-32-33-22-20-28-14-7-8-15-30(28)41(33)45-42(32)34;1-2-6-10(7-3-1)11-8-4-5-9-12-11;/h4-17,19-26H,1-3H3;1-6,8-9H;/q2*-1;. The maximum atomic E-state index is 6.68. The Morgan fingerprint density at radius 2 is 1.29 bits per heavy atom. The predicted molar refractivity (Wildman–Crippen MR) is 245 cm³/mol. The molecule has 4 nitrogen and oxygen atoms in total. The van der Waals surface area contributed by atoms with Gasteiger partial charge < -0.3 is 19.0 Å². The zero-order valence-electron chi connectivity index (χ0n) is 32.9. The van der Waals surface area contributed by atoms with Crippen LogP contribution in [0, 0.1) is 12.1 Å². The van der Waals surface area contributed by atoms with Gasteiger partial charge in [-0.15, -0.1) is 54.1 Å². The maximum Gasteiger partial charge on any atom is 0.128 e. The molecule has 0 unspecified atom stereocenters. The van der Waals surface area contributed by atoms with Crippen LogP contribution in [0.15, 0.2) is 187 Å². The fraction of sp³-hybridized carbons (Fsp3) is 0.0566. The van der Waals surface area contributed by atoms with Crippen molar-refractivity contribution in [3.63, 3.8) is 0 Å². The van der Waals surface area contributed by atoms with Gasteiger partial charge in [0, 0.05) is 65.2 Å². The molecule has 11 rings (SSSR count). The Labute approximate surface area is 358 Å². The molecule has 1 radical (unpaired) electrons. The van der Waals surface area contributed by atoms with Gasteiger partial charge in [-0.3, -0.25) is 0 Å². The van der Waals surface area contributed by atoms with E-state index in [2.05, 4.69) is 163 Å². The quantitative estimate of drug-likeness (QED) is 0.128. The molecule has 0 aliphatic rings. The summed E-state index contributed by atoms with van der Waals surface area (Å²) in [5.41, 5.74) is 11.5. The first-order valence-corrected chi connectivity index (χ1v) is 23.1. The van der Waals surface area contributed by atoms with Gasteiger partial charge in [-0.05, 0) is 51.3 Å². The fourth-order valence-corrected chi connectivity index (χ4v) is 9.69. The van der Waals surface area contributed by atoms with Crippen molar-refractivity contribution in [1.29, 1.82) is 0 Å². The normalized spacial score (nSPS) is 11.5. The molecule has 0 amide bonds. The van der Waals surface area contributed by atoms with Gasteiger partial charge in [-0.25, -0.2) is 0 Å². The summed E-state index contributed by atoms with van der Waals surface area (Å²) in [5, 5.41) is 8.22. The second kappa shape index (κ2) is 15.7. The molecule has 4 heterocycles. The second-order valence-corrected chi connectivity index (χ2v) is 20.7. The topological polar surface area (TPSA) is 43.9 Å². The van der Waals surface area contributed by atoms with Crippen LogP contribution in [-0.4, -0.2) is 22.6 Å². The van der Waals surface area contributed by atoms with Crippen molar-refractivity contribution in [2.75, 3.05) is 0 Å². The first-order valence-electron chi connectivity index (χ1n) is 19.6. The Morgan fingerprint density at radius 3 is 2.08 bits per heavy atom. The number of benzene rings is 7. The van der Waals surface area contributed by atoms with Crippen molar-refractivity contribution < 1.29 is 24.5 Å². The third-order valence-corrected chi connectivity index (χ3v) is 13.0. The molecule has 11 aromatic rings. The Kier molecular flexibility index (Phi) is 10.2. The van der Waals surface area contributed by atoms with E-state index in [0.717, 1.165) is 60.7 Å². The van der Waals surface area contributed by atoms with E-state index in [1.165, 1.54) is 38.3 Å². The minimum Gasteiger partial charge on any atom is -0.500 e. The van der Waals surface area contributed by atoms with Crippen LogP contribution < -0.4 is 5.19 Å². The number of hydrogen-bond donors (Lipinski definition) is 0. The predicted octanol–water partition coefficient (Wildman–Crippen LogP) is 13.5. The van der Waals surface area contributed by atoms with Crippen molar-refractivity contribution in [3.8, 4) is 39.3 Å². The molecule has 4 aromatic heterocycles. The van der Waals surface area contributed by atoms with Crippen LogP contribution in [-0.2, 0) is 20.1 Å². The molecule has 0 spiro atoms. The molecule has 287 valence electrons. The fourth-order valence-electron chi connectivity index (χ4n) is 8.14. The SMILES string of the molecule is C[Si](C)(C)c1cc(-c2ccccc2)ccc1-n1c2ccccc2c2cnc(-c3[c-]ccc4c3oc3c5ccccc5ccc43)cc21.[Ir].[c-]1ccccc1-c1ccccn1. The van der Waals surface area contributed by atoms with E-state index in [1.807, 2.05) is 54.7 Å². The molecule has 0 N–H and O–H groups in total. The number of para-hydroxylation sites is 1. The number of rotatable bonds is 5. The number of nitrogens with zero attached hydrogens (tertiary/aromatic N) is 3. The summed E-state index contributed by atoms with van der Waals surface area (Å²) in [7, 11) is -1.79. The van der Waals surface area contributed by atoms with Crippen LogP contribution >= 0.6 is 0 Å². The van der Waals surface area contributed by atoms with Crippen LogP contribution in [0.2, 0.25) is 19.6 Å². The van der Waals surface area contributed by atoms with E-state index in [4.69, 9.17) is 9.40 Å². The van der Waals surface area contributed by atoms with Crippen molar-refractivity contribution in [2.45, 2.75) is 19.6 Å². The van der Waals surface area contributed by atoms with Crippen molar-refractivity contribution in [3.05, 3.63) is 194 Å². The van der Waals surface area contributed by atoms with Gasteiger partial charge in [-0.2, -0.15) is 0 Å². The molecular weight excluding hydrogens is 915 g/mol.